The zero-order chi connectivity index (χ0) is 46.8. The molecule has 0 unspecified atom stereocenters. The van der Waals surface area contributed by atoms with Gasteiger partial charge in [0.25, 0.3) is 0 Å². The van der Waals surface area contributed by atoms with Gasteiger partial charge in [-0.15, -0.1) is 0 Å². The van der Waals surface area contributed by atoms with Gasteiger partial charge in [-0.1, -0.05) is 117 Å². The highest BCUT2D eigenvalue weighted by atomic mass is 16.5. The SMILES string of the molecule is [2H]C([2H])([2H])c1cccc2c1[N@@+]1(c3cc(C(C)(C)C)cc(C(C)(C)C)c3)[CH-][N@+]2(c2cc([N+]#[C-])cc(Oc3ccc4c5cc(-c6ccccc6)ccc5n(-c5cc(C(C)(C)C)ccn5)c4c3)c2)C1. The van der Waals surface area contributed by atoms with Crippen molar-refractivity contribution in [3.8, 4) is 28.4 Å². The van der Waals surface area contributed by atoms with Gasteiger partial charge in [-0.25, -0.2) is 9.83 Å². The van der Waals surface area contributed by atoms with Crippen LogP contribution in [0.15, 0.2) is 140 Å². The third-order valence-corrected chi connectivity index (χ3v) is 13.2. The second-order valence-corrected chi connectivity index (χ2v) is 20.6. The summed E-state index contributed by atoms with van der Waals surface area (Å²) in [5.41, 5.74) is 11.8. The molecule has 63 heavy (non-hydrogen) atoms. The molecule has 3 aliphatic rings. The first-order chi connectivity index (χ1) is 31.1. The summed E-state index contributed by atoms with van der Waals surface area (Å²) in [7, 11) is 0. The van der Waals surface area contributed by atoms with E-state index in [9.17, 15) is 0 Å². The molecule has 0 spiro atoms. The normalized spacial score (nSPS) is 19.2. The Bertz CT molecular complexity index is 3260. The van der Waals surface area contributed by atoms with E-state index >= 15 is 0 Å². The van der Waals surface area contributed by atoms with Crippen LogP contribution in [0.2, 0.25) is 0 Å². The predicted octanol–water partition coefficient (Wildman–Crippen LogP) is 15.8. The van der Waals surface area contributed by atoms with Gasteiger partial charge in [-0.2, -0.15) is 0 Å². The molecule has 6 heteroatoms. The Balaban J connectivity index is 1.11. The Morgan fingerprint density at radius 1 is 0.635 bits per heavy atom. The number of pyridine rings is 1. The molecule has 3 aliphatic heterocycles. The number of nitrogens with zero attached hydrogens (tertiary/aromatic N) is 5. The number of fused-ring (bicyclic) bond motifs is 3. The van der Waals surface area contributed by atoms with Crippen molar-refractivity contribution in [2.24, 2.45) is 0 Å². The number of hydrogen-bond donors (Lipinski definition) is 0. The molecule has 11 rings (SSSR count). The van der Waals surface area contributed by atoms with E-state index in [2.05, 4.69) is 169 Å². The second-order valence-electron chi connectivity index (χ2n) is 20.6. The molecule has 1 fully saturated rings. The quantitative estimate of drug-likeness (QED) is 0.123. The first kappa shape index (κ1) is 37.1. The van der Waals surface area contributed by atoms with Crippen molar-refractivity contribution >= 4 is 50.2 Å². The number of aryl methyl sites for hydroxylation is 1. The Morgan fingerprint density at radius 3 is 2.03 bits per heavy atom. The topological polar surface area (TPSA) is 31.4 Å². The minimum atomic E-state index is -2.35. The molecule has 0 N–H and O–H groups in total. The zero-order valence-electron chi connectivity index (χ0n) is 40.7. The second kappa shape index (κ2) is 14.0. The molecule has 0 radical (unpaired) electrons. The Kier molecular flexibility index (Phi) is 8.23. The summed E-state index contributed by atoms with van der Waals surface area (Å²) in [5, 5.41) is 2.18. The van der Waals surface area contributed by atoms with Gasteiger partial charge in [0.1, 0.15) is 28.7 Å². The highest BCUT2D eigenvalue weighted by Crippen LogP contribution is 2.66. The van der Waals surface area contributed by atoms with Crippen molar-refractivity contribution in [2.75, 3.05) is 6.67 Å². The van der Waals surface area contributed by atoms with Crippen LogP contribution in [0.4, 0.5) is 28.4 Å². The molecule has 6 aromatic carbocycles. The molecule has 2 atom stereocenters. The van der Waals surface area contributed by atoms with E-state index in [1.807, 2.05) is 36.5 Å². The standard InChI is InChI=1S/C57H56N5O/c1-37-16-15-19-52-54(37)62(44-28-41(56(5,6)7)27-42(29-44)57(8,9)10)35-61(52,36-62)45-31-43(58-11)32-47(33-45)63-46-21-22-48-49-26-39(38-17-13-12-14-18-38)20-23-50(49)60(51(48)34-46)53-30-40(24-25-59-53)55(2,3)4/h12-35H,36H2,1-10H3/q+1/t61-,62+/m1/s1/i1D3. The van der Waals surface area contributed by atoms with Gasteiger partial charge in [0.05, 0.1) is 24.3 Å². The van der Waals surface area contributed by atoms with Crippen LogP contribution in [0.1, 0.15) is 88.7 Å². The predicted molar refractivity (Wildman–Crippen MR) is 263 cm³/mol. The first-order valence-corrected chi connectivity index (χ1v) is 21.8. The third-order valence-electron chi connectivity index (χ3n) is 13.2. The van der Waals surface area contributed by atoms with Crippen LogP contribution in [0.5, 0.6) is 11.5 Å². The highest BCUT2D eigenvalue weighted by molar-refractivity contribution is 6.10. The zero-order valence-corrected chi connectivity index (χ0v) is 37.7. The number of rotatable bonds is 6. The fourth-order valence-electron chi connectivity index (χ4n) is 9.66. The molecule has 6 nitrogen and oxygen atoms in total. The molecule has 5 heterocycles. The average molecular weight is 830 g/mol. The van der Waals surface area contributed by atoms with E-state index in [4.69, 9.17) is 20.4 Å². The Morgan fingerprint density at radius 2 is 1.35 bits per heavy atom. The maximum atomic E-state index is 8.76. The summed E-state index contributed by atoms with van der Waals surface area (Å²) >= 11 is 0. The number of para-hydroxylation sites is 1. The number of ether oxygens (including phenoxy) is 1. The summed E-state index contributed by atoms with van der Waals surface area (Å²) in [6, 6.07) is 45.7. The van der Waals surface area contributed by atoms with Gasteiger partial charge in [0, 0.05) is 63.0 Å². The molecule has 0 saturated carbocycles. The molecule has 0 aliphatic carbocycles. The lowest BCUT2D eigenvalue weighted by molar-refractivity contribution is 0.186. The molecule has 314 valence electrons. The van der Waals surface area contributed by atoms with Crippen molar-refractivity contribution in [3.63, 3.8) is 0 Å². The van der Waals surface area contributed by atoms with Crippen molar-refractivity contribution < 1.29 is 8.85 Å². The minimum Gasteiger partial charge on any atom is -0.458 e. The lowest BCUT2D eigenvalue weighted by Gasteiger charge is -2.56. The van der Waals surface area contributed by atoms with E-state index < -0.39 is 6.85 Å². The van der Waals surface area contributed by atoms with Gasteiger partial charge >= 0.3 is 0 Å². The van der Waals surface area contributed by atoms with E-state index in [-0.39, 0.29) is 25.2 Å². The van der Waals surface area contributed by atoms with Crippen LogP contribution in [0.25, 0.3) is 43.6 Å². The third kappa shape index (κ3) is 6.56. The van der Waals surface area contributed by atoms with Gasteiger partial charge in [0.15, 0.2) is 23.7 Å². The van der Waals surface area contributed by atoms with Crippen molar-refractivity contribution in [3.05, 3.63) is 180 Å². The molecule has 2 bridgehead atoms. The van der Waals surface area contributed by atoms with Gasteiger partial charge in [-0.05, 0) is 93.4 Å². The van der Waals surface area contributed by atoms with Crippen LogP contribution < -0.4 is 13.7 Å². The molecular formula is C57H56N5O+. The Hall–Kier alpha value is -6.52. The largest absolute Gasteiger partial charge is 0.458 e. The smallest absolute Gasteiger partial charge is 0.196 e. The van der Waals surface area contributed by atoms with Crippen molar-refractivity contribution in [1.29, 1.82) is 0 Å². The van der Waals surface area contributed by atoms with Crippen LogP contribution in [0, 0.1) is 20.1 Å². The number of aromatic nitrogens is 2. The molecule has 0 amide bonds. The van der Waals surface area contributed by atoms with Gasteiger partial charge < -0.3 is 4.74 Å². The van der Waals surface area contributed by atoms with Gasteiger partial charge in [-0.3, -0.25) is 13.5 Å². The molecule has 8 aromatic rings. The lowest BCUT2D eigenvalue weighted by atomic mass is 9.80. The summed E-state index contributed by atoms with van der Waals surface area (Å²) in [5.74, 6) is 1.96. The van der Waals surface area contributed by atoms with Crippen LogP contribution >= 0.6 is 0 Å². The fraction of sp³-hybridized carbons (Fsp3) is 0.246. The summed E-state index contributed by atoms with van der Waals surface area (Å²) in [6.07, 6.45) is 1.89. The monoisotopic (exact) mass is 829 g/mol. The number of hydrogen-bond acceptors (Lipinski definition) is 2. The maximum absolute atomic E-state index is 8.76. The summed E-state index contributed by atoms with van der Waals surface area (Å²) < 4.78 is 35.9. The number of quaternary nitrogens is 2. The average Bonchev–Trinajstić information content (AvgIpc) is 3.86. The lowest BCUT2D eigenvalue weighted by Crippen LogP contribution is -2.67. The van der Waals surface area contributed by atoms with E-state index in [1.54, 1.807) is 12.1 Å². The fourth-order valence-corrected chi connectivity index (χ4v) is 9.66. The van der Waals surface area contributed by atoms with Crippen LogP contribution in [-0.2, 0) is 16.2 Å². The van der Waals surface area contributed by atoms with E-state index in [0.717, 1.165) is 61.5 Å². The molecular weight excluding hydrogens is 771 g/mol. The molecule has 1 saturated heterocycles. The van der Waals surface area contributed by atoms with Crippen molar-refractivity contribution in [2.45, 2.75) is 85.4 Å². The number of benzene rings is 6. The van der Waals surface area contributed by atoms with Crippen molar-refractivity contribution in [1.82, 2.24) is 18.5 Å². The first-order valence-electron chi connectivity index (χ1n) is 23.3. The van der Waals surface area contributed by atoms with Crippen LogP contribution in [-0.4, -0.2) is 16.2 Å². The summed E-state index contributed by atoms with van der Waals surface area (Å²) in [6.45, 7) is 28.7. The minimum absolute atomic E-state index is 0.0782. The maximum Gasteiger partial charge on any atom is 0.196 e. The highest BCUT2D eigenvalue weighted by Gasteiger charge is 2.63. The van der Waals surface area contributed by atoms with Gasteiger partial charge in [0.2, 0.25) is 0 Å². The van der Waals surface area contributed by atoms with Crippen LogP contribution in [0.3, 0.4) is 0 Å². The van der Waals surface area contributed by atoms with E-state index in [0.29, 0.717) is 29.4 Å². The summed E-state index contributed by atoms with van der Waals surface area (Å²) in [4.78, 5) is 8.88. The Labute approximate surface area is 376 Å². The van der Waals surface area contributed by atoms with E-state index in [1.165, 1.54) is 16.7 Å². The molecule has 2 aromatic heterocycles.